The minimum absolute atomic E-state index is 0.0137. The molecule has 1 N–H and O–H groups in total. The van der Waals surface area contributed by atoms with Gasteiger partial charge in [0.2, 0.25) is 0 Å². The van der Waals surface area contributed by atoms with Crippen molar-refractivity contribution in [1.29, 1.82) is 0 Å². The normalized spacial score (nSPS) is 25.9. The number of amides is 1. The van der Waals surface area contributed by atoms with Gasteiger partial charge in [0.15, 0.2) is 0 Å². The van der Waals surface area contributed by atoms with E-state index in [4.69, 9.17) is 0 Å². The van der Waals surface area contributed by atoms with E-state index in [9.17, 15) is 13.6 Å². The summed E-state index contributed by atoms with van der Waals surface area (Å²) in [4.78, 5) is 14.4. The third-order valence-corrected chi connectivity index (χ3v) is 4.60. The summed E-state index contributed by atoms with van der Waals surface area (Å²) in [6.07, 6.45) is 0. The Morgan fingerprint density at radius 2 is 2.11 bits per heavy atom. The Kier molecular flexibility index (Phi) is 3.40. The maximum Gasteiger partial charge on any atom is 0.387 e. The summed E-state index contributed by atoms with van der Waals surface area (Å²) < 4.78 is 28.9. The van der Waals surface area contributed by atoms with Crippen molar-refractivity contribution in [2.45, 2.75) is 6.61 Å². The van der Waals surface area contributed by atoms with Gasteiger partial charge in [0.1, 0.15) is 10.6 Å². The number of hydrogen-bond donors (Lipinski definition) is 1. The van der Waals surface area contributed by atoms with E-state index in [0.29, 0.717) is 24.9 Å². The molecule has 2 atom stereocenters. The molecule has 2 aliphatic rings. The van der Waals surface area contributed by atoms with Gasteiger partial charge >= 0.3 is 6.61 Å². The van der Waals surface area contributed by atoms with Crippen LogP contribution in [0.2, 0.25) is 0 Å². The number of thiophene rings is 1. The third kappa shape index (κ3) is 2.44. The summed E-state index contributed by atoms with van der Waals surface area (Å²) in [5.74, 6) is 0.770. The lowest BCUT2D eigenvalue weighted by molar-refractivity contribution is -0.0499. The standard InChI is InChI=1S/C12H14F2N2O2S/c13-12(14)18-9-1-2-19-10(9)11(17)16-5-7-3-15-4-8(7)6-16/h1-2,7-8,12,15H,3-6H2/t7-,8+. The fourth-order valence-corrected chi connectivity index (χ4v) is 3.60. The molecule has 1 aromatic rings. The Hall–Kier alpha value is -1.21. The molecule has 2 aliphatic heterocycles. The van der Waals surface area contributed by atoms with E-state index < -0.39 is 6.61 Å². The zero-order chi connectivity index (χ0) is 13.4. The van der Waals surface area contributed by atoms with Crippen molar-refractivity contribution in [3.05, 3.63) is 16.3 Å². The maximum absolute atomic E-state index is 12.3. The second-order valence-corrected chi connectivity index (χ2v) is 5.80. The number of rotatable bonds is 3. The van der Waals surface area contributed by atoms with Gasteiger partial charge in [-0.2, -0.15) is 8.78 Å². The van der Waals surface area contributed by atoms with Crippen LogP contribution in [-0.4, -0.2) is 43.6 Å². The number of nitrogens with zero attached hydrogens (tertiary/aromatic N) is 1. The summed E-state index contributed by atoms with van der Waals surface area (Å²) in [5.41, 5.74) is 0. The summed E-state index contributed by atoms with van der Waals surface area (Å²) in [7, 11) is 0. The highest BCUT2D eigenvalue weighted by Crippen LogP contribution is 2.32. The molecule has 0 spiro atoms. The number of halogens is 2. The monoisotopic (exact) mass is 288 g/mol. The fraction of sp³-hybridized carbons (Fsp3) is 0.583. The number of hydrogen-bond acceptors (Lipinski definition) is 4. The SMILES string of the molecule is O=C(c1sccc1OC(F)F)N1C[C@H]2CNC[C@H]2C1. The van der Waals surface area contributed by atoms with Crippen molar-refractivity contribution in [3.8, 4) is 5.75 Å². The molecular weight excluding hydrogens is 274 g/mol. The van der Waals surface area contributed by atoms with Crippen LogP contribution in [-0.2, 0) is 0 Å². The number of fused-ring (bicyclic) bond motifs is 1. The number of alkyl halides is 2. The van der Waals surface area contributed by atoms with Crippen molar-refractivity contribution >= 4 is 17.2 Å². The minimum atomic E-state index is -2.90. The molecule has 2 fully saturated rings. The van der Waals surface area contributed by atoms with E-state index in [1.165, 1.54) is 6.07 Å². The molecule has 104 valence electrons. The summed E-state index contributed by atoms with van der Waals surface area (Å²) in [6.45, 7) is 0.354. The minimum Gasteiger partial charge on any atom is -0.433 e. The van der Waals surface area contributed by atoms with Gasteiger partial charge in [0.25, 0.3) is 5.91 Å². The van der Waals surface area contributed by atoms with E-state index in [-0.39, 0.29) is 16.5 Å². The van der Waals surface area contributed by atoms with Crippen LogP contribution in [0.25, 0.3) is 0 Å². The second-order valence-electron chi connectivity index (χ2n) is 4.88. The first-order chi connectivity index (χ1) is 9.15. The quantitative estimate of drug-likeness (QED) is 0.919. The maximum atomic E-state index is 12.3. The zero-order valence-electron chi connectivity index (χ0n) is 10.1. The van der Waals surface area contributed by atoms with Gasteiger partial charge in [-0.1, -0.05) is 0 Å². The van der Waals surface area contributed by atoms with E-state index in [2.05, 4.69) is 10.1 Å². The largest absolute Gasteiger partial charge is 0.433 e. The average Bonchev–Trinajstić information content (AvgIpc) is 2.99. The van der Waals surface area contributed by atoms with Crippen LogP contribution in [0.15, 0.2) is 11.4 Å². The summed E-state index contributed by atoms with van der Waals surface area (Å²) in [6, 6.07) is 1.42. The lowest BCUT2D eigenvalue weighted by Gasteiger charge is -2.17. The molecule has 0 aliphatic carbocycles. The summed E-state index contributed by atoms with van der Waals surface area (Å²) in [5, 5.41) is 4.90. The molecule has 0 aromatic carbocycles. The van der Waals surface area contributed by atoms with E-state index >= 15 is 0 Å². The number of ether oxygens (including phenoxy) is 1. The Labute approximate surface area is 113 Å². The number of nitrogens with one attached hydrogen (secondary N) is 1. The van der Waals surface area contributed by atoms with Gasteiger partial charge in [-0.05, 0) is 23.3 Å². The number of carbonyl (C=O) groups excluding carboxylic acids is 1. The molecule has 0 bridgehead atoms. The molecule has 0 unspecified atom stereocenters. The Bertz CT molecular complexity index is 468. The van der Waals surface area contributed by atoms with Crippen LogP contribution < -0.4 is 10.1 Å². The van der Waals surface area contributed by atoms with E-state index in [0.717, 1.165) is 24.4 Å². The van der Waals surface area contributed by atoms with Gasteiger partial charge in [0.05, 0.1) is 0 Å². The van der Waals surface area contributed by atoms with Crippen molar-refractivity contribution in [3.63, 3.8) is 0 Å². The molecule has 0 radical (unpaired) electrons. The van der Waals surface area contributed by atoms with Crippen molar-refractivity contribution in [2.24, 2.45) is 11.8 Å². The van der Waals surface area contributed by atoms with Crippen LogP contribution >= 0.6 is 11.3 Å². The van der Waals surface area contributed by atoms with Gasteiger partial charge in [0, 0.05) is 26.2 Å². The van der Waals surface area contributed by atoms with Gasteiger partial charge in [-0.25, -0.2) is 0 Å². The highest BCUT2D eigenvalue weighted by atomic mass is 32.1. The van der Waals surface area contributed by atoms with Crippen LogP contribution in [0, 0.1) is 11.8 Å². The first kappa shape index (κ1) is 12.8. The molecule has 2 saturated heterocycles. The fourth-order valence-electron chi connectivity index (χ4n) is 2.81. The topological polar surface area (TPSA) is 41.6 Å². The smallest absolute Gasteiger partial charge is 0.387 e. The van der Waals surface area contributed by atoms with Gasteiger partial charge in [-0.3, -0.25) is 4.79 Å². The van der Waals surface area contributed by atoms with Crippen molar-refractivity contribution < 1.29 is 18.3 Å². The summed E-state index contributed by atoms with van der Waals surface area (Å²) >= 11 is 1.15. The van der Waals surface area contributed by atoms with Crippen molar-refractivity contribution in [2.75, 3.05) is 26.2 Å². The Morgan fingerprint density at radius 3 is 2.74 bits per heavy atom. The Balaban J connectivity index is 1.72. The molecule has 19 heavy (non-hydrogen) atoms. The Morgan fingerprint density at radius 1 is 1.42 bits per heavy atom. The van der Waals surface area contributed by atoms with E-state index in [1.807, 2.05) is 0 Å². The number of carbonyl (C=O) groups is 1. The lowest BCUT2D eigenvalue weighted by atomic mass is 10.0. The zero-order valence-corrected chi connectivity index (χ0v) is 11.0. The van der Waals surface area contributed by atoms with Crippen LogP contribution in [0.5, 0.6) is 5.75 Å². The van der Waals surface area contributed by atoms with Gasteiger partial charge in [-0.15, -0.1) is 11.3 Å². The molecule has 3 heterocycles. The predicted molar refractivity (Wildman–Crippen MR) is 66.7 cm³/mol. The molecule has 7 heteroatoms. The molecule has 4 nitrogen and oxygen atoms in total. The van der Waals surface area contributed by atoms with Crippen LogP contribution in [0.1, 0.15) is 9.67 Å². The second kappa shape index (κ2) is 5.05. The van der Waals surface area contributed by atoms with Crippen LogP contribution in [0.4, 0.5) is 8.78 Å². The molecule has 1 amide bonds. The van der Waals surface area contributed by atoms with Crippen LogP contribution in [0.3, 0.4) is 0 Å². The molecule has 0 saturated carbocycles. The predicted octanol–water partition coefficient (Wildman–Crippen LogP) is 1.64. The lowest BCUT2D eigenvalue weighted by Crippen LogP contribution is -2.31. The highest BCUT2D eigenvalue weighted by Gasteiger charge is 2.39. The molecule has 1 aromatic heterocycles. The molecular formula is C12H14F2N2O2S. The third-order valence-electron chi connectivity index (χ3n) is 3.72. The molecule has 3 rings (SSSR count). The highest BCUT2D eigenvalue weighted by molar-refractivity contribution is 7.12. The van der Waals surface area contributed by atoms with E-state index in [1.54, 1.807) is 10.3 Å². The number of likely N-dealkylation sites (tertiary alicyclic amines) is 1. The average molecular weight is 288 g/mol. The van der Waals surface area contributed by atoms with Crippen molar-refractivity contribution in [1.82, 2.24) is 10.2 Å². The van der Waals surface area contributed by atoms with Gasteiger partial charge < -0.3 is 15.0 Å². The first-order valence-corrected chi connectivity index (χ1v) is 7.05. The first-order valence-electron chi connectivity index (χ1n) is 6.17.